The van der Waals surface area contributed by atoms with Gasteiger partial charge in [-0.3, -0.25) is 9.78 Å². The Morgan fingerprint density at radius 3 is 2.68 bits per heavy atom. The number of rotatable bonds is 4. The number of aromatic nitrogens is 1. The Morgan fingerprint density at radius 2 is 2.00 bits per heavy atom. The second kappa shape index (κ2) is 6.00. The molecule has 0 saturated heterocycles. The van der Waals surface area contributed by atoms with E-state index in [4.69, 9.17) is 4.74 Å². The van der Waals surface area contributed by atoms with E-state index in [1.165, 1.54) is 0 Å². The van der Waals surface area contributed by atoms with Gasteiger partial charge in [0.15, 0.2) is 0 Å². The minimum Gasteiger partial charge on any atom is -0.496 e. The molecule has 2 rings (SSSR count). The van der Waals surface area contributed by atoms with Crippen LogP contribution in [-0.4, -0.2) is 18.0 Å². The molecule has 0 atom stereocenters. The van der Waals surface area contributed by atoms with Crippen molar-refractivity contribution in [3.8, 4) is 5.75 Å². The zero-order valence-electron chi connectivity index (χ0n) is 11.0. The molecule has 0 spiro atoms. The Hall–Kier alpha value is -2.36. The predicted octanol–water partition coefficient (Wildman–Crippen LogP) is 2.33. The van der Waals surface area contributed by atoms with Crippen LogP contribution in [0.15, 0.2) is 42.7 Å². The summed E-state index contributed by atoms with van der Waals surface area (Å²) >= 11 is 0. The summed E-state index contributed by atoms with van der Waals surface area (Å²) in [6.45, 7) is 2.43. The zero-order chi connectivity index (χ0) is 13.7. The predicted molar refractivity (Wildman–Crippen MR) is 73.1 cm³/mol. The number of pyridine rings is 1. The number of carbonyl (C=O) groups is 1. The molecular formula is C15H16N2O2. The average Bonchev–Trinajstić information content (AvgIpc) is 2.46. The van der Waals surface area contributed by atoms with Crippen LogP contribution in [0.1, 0.15) is 21.5 Å². The maximum atomic E-state index is 12.0. The Bertz CT molecular complexity index is 568. The molecule has 1 amide bonds. The van der Waals surface area contributed by atoms with Gasteiger partial charge in [-0.05, 0) is 42.3 Å². The number of carbonyl (C=O) groups excluding carboxylic acids is 1. The molecule has 0 aliphatic heterocycles. The average molecular weight is 256 g/mol. The summed E-state index contributed by atoms with van der Waals surface area (Å²) in [7, 11) is 1.60. The minimum absolute atomic E-state index is 0.116. The van der Waals surface area contributed by atoms with Gasteiger partial charge in [0.1, 0.15) is 5.75 Å². The van der Waals surface area contributed by atoms with Gasteiger partial charge in [-0.25, -0.2) is 0 Å². The maximum absolute atomic E-state index is 12.0. The summed E-state index contributed by atoms with van der Waals surface area (Å²) in [4.78, 5) is 15.9. The molecule has 1 N–H and O–H groups in total. The summed E-state index contributed by atoms with van der Waals surface area (Å²) in [5.41, 5.74) is 2.62. The van der Waals surface area contributed by atoms with Crippen LogP contribution in [0.2, 0.25) is 0 Å². The van der Waals surface area contributed by atoms with Gasteiger partial charge in [0.25, 0.3) is 5.91 Å². The van der Waals surface area contributed by atoms with Gasteiger partial charge < -0.3 is 10.1 Å². The SMILES string of the molecule is COc1cc(C(=O)NCc2ccncc2)ccc1C. The maximum Gasteiger partial charge on any atom is 0.251 e. The standard InChI is InChI=1S/C15H16N2O2/c1-11-3-4-13(9-14(11)19-2)15(18)17-10-12-5-7-16-8-6-12/h3-9H,10H2,1-2H3,(H,17,18). The highest BCUT2D eigenvalue weighted by Crippen LogP contribution is 2.18. The molecule has 1 heterocycles. The lowest BCUT2D eigenvalue weighted by atomic mass is 10.1. The highest BCUT2D eigenvalue weighted by molar-refractivity contribution is 5.94. The van der Waals surface area contributed by atoms with Gasteiger partial charge in [0, 0.05) is 24.5 Å². The van der Waals surface area contributed by atoms with Crippen molar-refractivity contribution in [2.24, 2.45) is 0 Å². The molecule has 2 aromatic rings. The van der Waals surface area contributed by atoms with Crippen molar-refractivity contribution in [2.45, 2.75) is 13.5 Å². The van der Waals surface area contributed by atoms with E-state index in [9.17, 15) is 4.79 Å². The monoisotopic (exact) mass is 256 g/mol. The van der Waals surface area contributed by atoms with Crippen LogP contribution < -0.4 is 10.1 Å². The fourth-order valence-electron chi connectivity index (χ4n) is 1.75. The summed E-state index contributed by atoms with van der Waals surface area (Å²) in [5, 5.41) is 2.86. The Morgan fingerprint density at radius 1 is 1.26 bits per heavy atom. The number of nitrogens with one attached hydrogen (secondary N) is 1. The van der Waals surface area contributed by atoms with Crippen LogP contribution >= 0.6 is 0 Å². The van der Waals surface area contributed by atoms with Crippen molar-refractivity contribution < 1.29 is 9.53 Å². The topological polar surface area (TPSA) is 51.2 Å². The number of hydrogen-bond acceptors (Lipinski definition) is 3. The first-order chi connectivity index (χ1) is 9.20. The first-order valence-electron chi connectivity index (χ1n) is 6.02. The first-order valence-corrected chi connectivity index (χ1v) is 6.02. The quantitative estimate of drug-likeness (QED) is 0.913. The molecule has 19 heavy (non-hydrogen) atoms. The smallest absolute Gasteiger partial charge is 0.251 e. The summed E-state index contributed by atoms with van der Waals surface area (Å²) < 4.78 is 5.21. The second-order valence-corrected chi connectivity index (χ2v) is 4.22. The number of amides is 1. The van der Waals surface area contributed by atoms with Gasteiger partial charge in [-0.15, -0.1) is 0 Å². The number of nitrogens with zero attached hydrogens (tertiary/aromatic N) is 1. The largest absolute Gasteiger partial charge is 0.496 e. The van der Waals surface area contributed by atoms with Crippen LogP contribution in [0.4, 0.5) is 0 Å². The van der Waals surface area contributed by atoms with E-state index in [1.807, 2.05) is 25.1 Å². The molecular weight excluding hydrogens is 240 g/mol. The highest BCUT2D eigenvalue weighted by Gasteiger charge is 2.08. The fraction of sp³-hybridized carbons (Fsp3) is 0.200. The third-order valence-electron chi connectivity index (χ3n) is 2.87. The second-order valence-electron chi connectivity index (χ2n) is 4.22. The van der Waals surface area contributed by atoms with E-state index in [0.29, 0.717) is 12.1 Å². The molecule has 0 aliphatic carbocycles. The molecule has 0 bridgehead atoms. The molecule has 1 aromatic heterocycles. The van der Waals surface area contributed by atoms with E-state index in [0.717, 1.165) is 16.9 Å². The molecule has 0 aliphatic rings. The summed E-state index contributed by atoms with van der Waals surface area (Å²) in [5.74, 6) is 0.603. The number of methoxy groups -OCH3 is 1. The van der Waals surface area contributed by atoms with Crippen molar-refractivity contribution in [3.63, 3.8) is 0 Å². The van der Waals surface area contributed by atoms with E-state index >= 15 is 0 Å². The van der Waals surface area contributed by atoms with E-state index in [2.05, 4.69) is 10.3 Å². The Labute approximate surface area is 112 Å². The third kappa shape index (κ3) is 3.31. The highest BCUT2D eigenvalue weighted by atomic mass is 16.5. The Kier molecular flexibility index (Phi) is 4.13. The molecule has 1 aromatic carbocycles. The lowest BCUT2D eigenvalue weighted by Crippen LogP contribution is -2.22. The lowest BCUT2D eigenvalue weighted by Gasteiger charge is -2.08. The van der Waals surface area contributed by atoms with E-state index in [-0.39, 0.29) is 5.91 Å². The van der Waals surface area contributed by atoms with Gasteiger partial charge in [0.2, 0.25) is 0 Å². The van der Waals surface area contributed by atoms with Crippen LogP contribution in [0.25, 0.3) is 0 Å². The lowest BCUT2D eigenvalue weighted by molar-refractivity contribution is 0.0950. The molecule has 0 fully saturated rings. The van der Waals surface area contributed by atoms with Gasteiger partial charge in [0.05, 0.1) is 7.11 Å². The molecule has 0 radical (unpaired) electrons. The van der Waals surface area contributed by atoms with Gasteiger partial charge in [-0.2, -0.15) is 0 Å². The van der Waals surface area contributed by atoms with Crippen LogP contribution in [0.5, 0.6) is 5.75 Å². The van der Waals surface area contributed by atoms with Crippen molar-refractivity contribution in [1.29, 1.82) is 0 Å². The van der Waals surface area contributed by atoms with Gasteiger partial charge in [-0.1, -0.05) is 6.07 Å². The first kappa shape index (κ1) is 13.1. The minimum atomic E-state index is -0.116. The van der Waals surface area contributed by atoms with E-state index in [1.54, 1.807) is 31.6 Å². The number of ether oxygens (including phenoxy) is 1. The third-order valence-corrected chi connectivity index (χ3v) is 2.87. The number of benzene rings is 1. The molecule has 4 heteroatoms. The van der Waals surface area contributed by atoms with E-state index < -0.39 is 0 Å². The van der Waals surface area contributed by atoms with Crippen LogP contribution in [-0.2, 0) is 6.54 Å². The van der Waals surface area contributed by atoms with Crippen molar-refractivity contribution in [1.82, 2.24) is 10.3 Å². The fourth-order valence-corrected chi connectivity index (χ4v) is 1.75. The zero-order valence-corrected chi connectivity index (χ0v) is 11.0. The van der Waals surface area contributed by atoms with Gasteiger partial charge >= 0.3 is 0 Å². The normalized spacial score (nSPS) is 10.0. The molecule has 4 nitrogen and oxygen atoms in total. The number of hydrogen-bond donors (Lipinski definition) is 1. The van der Waals surface area contributed by atoms with Crippen LogP contribution in [0, 0.1) is 6.92 Å². The molecule has 0 saturated carbocycles. The van der Waals surface area contributed by atoms with Crippen molar-refractivity contribution in [2.75, 3.05) is 7.11 Å². The summed E-state index contributed by atoms with van der Waals surface area (Å²) in [6.07, 6.45) is 3.41. The Balaban J connectivity index is 2.04. The van der Waals surface area contributed by atoms with Crippen LogP contribution in [0.3, 0.4) is 0 Å². The molecule has 0 unspecified atom stereocenters. The van der Waals surface area contributed by atoms with Crippen molar-refractivity contribution in [3.05, 3.63) is 59.4 Å². The van der Waals surface area contributed by atoms with Crippen molar-refractivity contribution >= 4 is 5.91 Å². The number of aryl methyl sites for hydroxylation is 1. The summed E-state index contributed by atoms with van der Waals surface area (Å²) in [6, 6.07) is 9.16. The molecule has 98 valence electrons.